The van der Waals surface area contributed by atoms with Gasteiger partial charge in [0.1, 0.15) is 18.4 Å². The third kappa shape index (κ3) is 3.54. The molecule has 0 saturated heterocycles. The van der Waals surface area contributed by atoms with Crippen LogP contribution in [0.5, 0.6) is 5.75 Å². The van der Waals surface area contributed by atoms with E-state index >= 15 is 0 Å². The van der Waals surface area contributed by atoms with Crippen LogP contribution in [-0.4, -0.2) is 37.3 Å². The zero-order valence-electron chi connectivity index (χ0n) is 12.5. The summed E-state index contributed by atoms with van der Waals surface area (Å²) in [7, 11) is 0. The third-order valence-electron chi connectivity index (χ3n) is 3.31. The lowest BCUT2D eigenvalue weighted by Gasteiger charge is -2.05. The molecule has 2 N–H and O–H groups in total. The second-order valence-electron chi connectivity index (χ2n) is 4.96. The standard InChI is InChI=1S/C15H14ClN5O3/c16-11-6-10(2-3-12(11)22)14-13(19-9-24-14)15(23)18-4-1-5-21-8-17-7-20-21/h2-3,6-9,22H,1,4-5H2,(H,18,23)/i15-1. The van der Waals surface area contributed by atoms with Crippen LogP contribution in [0.4, 0.5) is 0 Å². The molecule has 0 aliphatic heterocycles. The van der Waals surface area contributed by atoms with E-state index < -0.39 is 0 Å². The Bertz CT molecular complexity index is 832. The van der Waals surface area contributed by atoms with E-state index in [-0.39, 0.29) is 22.4 Å². The number of nitrogens with one attached hydrogen (secondary N) is 1. The first kappa shape index (κ1) is 16.0. The van der Waals surface area contributed by atoms with Gasteiger partial charge in [-0.1, -0.05) is 11.6 Å². The number of halogens is 1. The number of hydrogen-bond acceptors (Lipinski definition) is 6. The molecular weight excluding hydrogens is 333 g/mol. The van der Waals surface area contributed by atoms with Crippen LogP contribution in [0.25, 0.3) is 11.3 Å². The Balaban J connectivity index is 1.63. The Morgan fingerprint density at radius 1 is 1.42 bits per heavy atom. The highest BCUT2D eigenvalue weighted by Gasteiger charge is 2.18. The van der Waals surface area contributed by atoms with Crippen molar-refractivity contribution >= 4 is 17.5 Å². The fraction of sp³-hybridized carbons (Fsp3) is 0.200. The lowest BCUT2D eigenvalue weighted by atomic mass is 9.91. The SMILES string of the molecule is O=[11C](NCCCn1cncn1)c1ncoc1-c1ccc(O)c(Cl)c1. The molecule has 2 aromatic heterocycles. The zero-order valence-corrected chi connectivity index (χ0v) is 13.3. The Labute approximate surface area is 142 Å². The van der Waals surface area contributed by atoms with E-state index in [4.69, 9.17) is 16.0 Å². The maximum atomic E-state index is 12.3. The average Bonchev–Trinajstić information content (AvgIpc) is 3.25. The van der Waals surface area contributed by atoms with E-state index in [0.29, 0.717) is 30.8 Å². The number of aromatic nitrogens is 4. The minimum absolute atomic E-state index is 0.0426. The van der Waals surface area contributed by atoms with Gasteiger partial charge in [0.05, 0.1) is 5.02 Å². The summed E-state index contributed by atoms with van der Waals surface area (Å²) in [6, 6.07) is 4.54. The van der Waals surface area contributed by atoms with Gasteiger partial charge in [-0.25, -0.2) is 9.97 Å². The topological polar surface area (TPSA) is 106 Å². The molecule has 0 aliphatic carbocycles. The molecule has 24 heavy (non-hydrogen) atoms. The van der Waals surface area contributed by atoms with Gasteiger partial charge in [-0.2, -0.15) is 5.10 Å². The summed E-state index contributed by atoms with van der Waals surface area (Å²) >= 11 is 5.89. The minimum atomic E-state index is -0.346. The minimum Gasteiger partial charge on any atom is -0.506 e. The van der Waals surface area contributed by atoms with Crippen LogP contribution in [0.3, 0.4) is 0 Å². The van der Waals surface area contributed by atoms with Gasteiger partial charge in [-0.05, 0) is 24.6 Å². The Kier molecular flexibility index (Phi) is 4.76. The number of rotatable bonds is 6. The van der Waals surface area contributed by atoms with Crippen molar-refractivity contribution in [2.45, 2.75) is 13.0 Å². The molecule has 0 saturated carbocycles. The van der Waals surface area contributed by atoms with E-state index in [9.17, 15) is 9.90 Å². The molecular formula is C15H14ClN5O3. The molecule has 9 heteroatoms. The molecule has 0 aliphatic rings. The van der Waals surface area contributed by atoms with E-state index in [2.05, 4.69) is 20.4 Å². The van der Waals surface area contributed by atoms with E-state index in [1.807, 2.05) is 0 Å². The highest BCUT2D eigenvalue weighted by Crippen LogP contribution is 2.30. The predicted octanol–water partition coefficient (Wildman–Crippen LogP) is 2.11. The zero-order chi connectivity index (χ0) is 16.9. The van der Waals surface area contributed by atoms with Crippen molar-refractivity contribution in [3.8, 4) is 17.1 Å². The molecule has 0 bridgehead atoms. The highest BCUT2D eigenvalue weighted by molar-refractivity contribution is 6.32. The van der Waals surface area contributed by atoms with Gasteiger partial charge in [0.15, 0.2) is 17.8 Å². The molecule has 1 aromatic carbocycles. The van der Waals surface area contributed by atoms with Crippen LogP contribution >= 0.6 is 11.6 Å². The highest BCUT2D eigenvalue weighted by atomic mass is 35.5. The molecule has 0 atom stereocenters. The number of aromatic hydroxyl groups is 1. The van der Waals surface area contributed by atoms with E-state index in [1.165, 1.54) is 24.9 Å². The summed E-state index contributed by atoms with van der Waals surface area (Å²) in [5.74, 6) is -0.0914. The number of oxazole rings is 1. The number of carbonyl (C=O) groups is 1. The molecule has 8 nitrogen and oxygen atoms in total. The lowest BCUT2D eigenvalue weighted by Crippen LogP contribution is -2.26. The van der Waals surface area contributed by atoms with Gasteiger partial charge in [0.2, 0.25) is 0 Å². The number of benzene rings is 1. The number of hydrogen-bond donors (Lipinski definition) is 2. The van der Waals surface area contributed by atoms with Crippen LogP contribution in [-0.2, 0) is 6.54 Å². The molecule has 0 radical (unpaired) electrons. The molecule has 3 aromatic rings. The first-order valence-corrected chi connectivity index (χ1v) is 7.56. The van der Waals surface area contributed by atoms with Crippen molar-refractivity contribution in [2.24, 2.45) is 0 Å². The average molecular weight is 347 g/mol. The summed E-state index contributed by atoms with van der Waals surface area (Å²) in [5, 5.41) is 16.4. The molecule has 1 amide bonds. The van der Waals surface area contributed by atoms with Crippen molar-refractivity contribution < 1.29 is 14.3 Å². The normalized spacial score (nSPS) is 10.7. The molecule has 0 spiro atoms. The smallest absolute Gasteiger partial charge is 0.273 e. The van der Waals surface area contributed by atoms with Crippen molar-refractivity contribution in [1.29, 1.82) is 0 Å². The number of phenolic OH excluding ortho intramolecular Hbond substituents is 1. The second kappa shape index (κ2) is 7.14. The Morgan fingerprint density at radius 3 is 3.04 bits per heavy atom. The van der Waals surface area contributed by atoms with Crippen LogP contribution < -0.4 is 5.32 Å². The van der Waals surface area contributed by atoms with Gasteiger partial charge in [0, 0.05) is 18.7 Å². The van der Waals surface area contributed by atoms with Crippen LogP contribution in [0, 0.1) is 0 Å². The fourth-order valence-electron chi connectivity index (χ4n) is 2.14. The summed E-state index contributed by atoms with van der Waals surface area (Å²) in [6.45, 7) is 1.11. The largest absolute Gasteiger partial charge is 0.506 e. The molecule has 3 rings (SSSR count). The van der Waals surface area contributed by atoms with Gasteiger partial charge in [-0.3, -0.25) is 9.48 Å². The van der Waals surface area contributed by atoms with Crippen LogP contribution in [0.15, 0.2) is 41.7 Å². The third-order valence-corrected chi connectivity index (χ3v) is 3.61. The van der Waals surface area contributed by atoms with Gasteiger partial charge in [0.25, 0.3) is 5.91 Å². The van der Waals surface area contributed by atoms with Crippen LogP contribution in [0.1, 0.15) is 16.9 Å². The Hall–Kier alpha value is -2.87. The number of nitrogens with zero attached hydrogens (tertiary/aromatic N) is 4. The molecule has 124 valence electrons. The first-order valence-electron chi connectivity index (χ1n) is 7.18. The van der Waals surface area contributed by atoms with Gasteiger partial charge in [-0.15, -0.1) is 0 Å². The summed E-state index contributed by atoms with van der Waals surface area (Å²) in [6.07, 6.45) is 4.98. The monoisotopic (exact) mass is 346 g/mol. The maximum absolute atomic E-state index is 12.3. The number of phenols is 1. The molecule has 2 heterocycles. The van der Waals surface area contributed by atoms with E-state index in [0.717, 1.165) is 0 Å². The first-order chi connectivity index (χ1) is 11.6. The number of amides is 1. The predicted molar refractivity (Wildman–Crippen MR) is 85.6 cm³/mol. The molecule has 0 fully saturated rings. The quantitative estimate of drug-likeness (QED) is 0.662. The molecule has 0 unspecified atom stereocenters. The summed E-state index contributed by atoms with van der Waals surface area (Å²) in [5.41, 5.74) is 0.723. The van der Waals surface area contributed by atoms with Crippen molar-refractivity contribution in [3.63, 3.8) is 0 Å². The van der Waals surface area contributed by atoms with Crippen LogP contribution in [0.2, 0.25) is 5.02 Å². The fourth-order valence-corrected chi connectivity index (χ4v) is 2.32. The summed E-state index contributed by atoms with van der Waals surface area (Å²) in [4.78, 5) is 20.1. The number of aryl methyl sites for hydroxylation is 1. The number of carbonyl (C=O) groups excluding carboxylic acids is 1. The second-order valence-corrected chi connectivity index (χ2v) is 5.37. The van der Waals surface area contributed by atoms with Crippen molar-refractivity contribution in [3.05, 3.63) is 48.0 Å². The maximum Gasteiger partial charge on any atom is 0.273 e. The van der Waals surface area contributed by atoms with Gasteiger partial charge < -0.3 is 14.8 Å². The summed E-state index contributed by atoms with van der Waals surface area (Å²) < 4.78 is 6.98. The Morgan fingerprint density at radius 2 is 2.29 bits per heavy atom. The van der Waals surface area contributed by atoms with Gasteiger partial charge >= 0.3 is 0 Å². The van der Waals surface area contributed by atoms with Crippen molar-refractivity contribution in [2.75, 3.05) is 6.54 Å². The van der Waals surface area contributed by atoms with E-state index in [1.54, 1.807) is 17.1 Å². The van der Waals surface area contributed by atoms with Crippen molar-refractivity contribution in [1.82, 2.24) is 25.1 Å². The lowest BCUT2D eigenvalue weighted by molar-refractivity contribution is 0.0948.